The summed E-state index contributed by atoms with van der Waals surface area (Å²) in [4.78, 5) is 15.4. The first kappa shape index (κ1) is 16.4. The Bertz CT molecular complexity index is 802. The van der Waals surface area contributed by atoms with Crippen LogP contribution >= 0.6 is 23.2 Å². The molecule has 3 nitrogen and oxygen atoms in total. The molecule has 22 heavy (non-hydrogen) atoms. The molecule has 1 aromatic carbocycles. The third kappa shape index (κ3) is 3.43. The smallest absolute Gasteiger partial charge is 0.281 e. The molecule has 0 aliphatic rings. The first-order valence-corrected chi connectivity index (χ1v) is 6.57. The van der Waals surface area contributed by atoms with Crippen LogP contribution in [-0.4, -0.2) is 9.55 Å². The Labute approximate surface area is 133 Å². The highest BCUT2D eigenvalue weighted by atomic mass is 35.5. The first-order valence-electron chi connectivity index (χ1n) is 5.81. The van der Waals surface area contributed by atoms with Crippen LogP contribution in [0, 0.1) is 12.3 Å². The van der Waals surface area contributed by atoms with Crippen molar-refractivity contribution in [2.75, 3.05) is 0 Å². The monoisotopic (exact) mass is 346 g/mol. The highest BCUT2D eigenvalue weighted by Gasteiger charge is 2.34. The quantitative estimate of drug-likeness (QED) is 0.773. The molecule has 0 fully saturated rings. The van der Waals surface area contributed by atoms with E-state index in [0.29, 0.717) is 6.07 Å². The Morgan fingerprint density at radius 1 is 1.18 bits per heavy atom. The van der Waals surface area contributed by atoms with Gasteiger partial charge in [-0.3, -0.25) is 9.36 Å². The summed E-state index contributed by atoms with van der Waals surface area (Å²) in [6.07, 6.45) is 0.390. The Kier molecular flexibility index (Phi) is 4.50. The van der Waals surface area contributed by atoms with E-state index in [2.05, 4.69) is 10.9 Å². The second-order valence-electron chi connectivity index (χ2n) is 4.25. The van der Waals surface area contributed by atoms with E-state index >= 15 is 0 Å². The SMILES string of the molecule is C#CCn1c(-c2cc(Cl)cc(Cl)c2)nc(C(F)(F)F)cc1=O. The largest absolute Gasteiger partial charge is 0.433 e. The fourth-order valence-corrected chi connectivity index (χ4v) is 2.32. The molecule has 0 atom stereocenters. The van der Waals surface area contributed by atoms with Gasteiger partial charge < -0.3 is 0 Å². The Morgan fingerprint density at radius 3 is 2.27 bits per heavy atom. The molecular weight excluding hydrogens is 340 g/mol. The minimum Gasteiger partial charge on any atom is -0.281 e. The van der Waals surface area contributed by atoms with Crippen molar-refractivity contribution in [2.45, 2.75) is 12.7 Å². The Morgan fingerprint density at radius 2 is 1.77 bits per heavy atom. The zero-order valence-corrected chi connectivity index (χ0v) is 12.3. The van der Waals surface area contributed by atoms with Crippen LogP contribution in [-0.2, 0) is 12.7 Å². The van der Waals surface area contributed by atoms with Gasteiger partial charge in [0.05, 0.1) is 6.54 Å². The molecule has 0 aliphatic carbocycles. The van der Waals surface area contributed by atoms with Gasteiger partial charge in [0.15, 0.2) is 5.69 Å². The van der Waals surface area contributed by atoms with Crippen LogP contribution in [0.25, 0.3) is 11.4 Å². The van der Waals surface area contributed by atoms with Crippen LogP contribution in [0.3, 0.4) is 0 Å². The van der Waals surface area contributed by atoms with Crippen LogP contribution in [0.4, 0.5) is 13.2 Å². The summed E-state index contributed by atoms with van der Waals surface area (Å²) in [6, 6.07) is 4.50. The summed E-state index contributed by atoms with van der Waals surface area (Å²) in [6.45, 7) is -0.233. The van der Waals surface area contributed by atoms with E-state index < -0.39 is 17.4 Å². The predicted octanol–water partition coefficient (Wildman–Crippen LogP) is 3.87. The molecule has 8 heteroatoms. The van der Waals surface area contributed by atoms with Crippen molar-refractivity contribution in [2.24, 2.45) is 0 Å². The van der Waals surface area contributed by atoms with E-state index in [9.17, 15) is 18.0 Å². The van der Waals surface area contributed by atoms with E-state index in [4.69, 9.17) is 29.6 Å². The van der Waals surface area contributed by atoms with Gasteiger partial charge >= 0.3 is 6.18 Å². The maximum absolute atomic E-state index is 12.8. The first-order chi connectivity index (χ1) is 10.2. The normalized spacial score (nSPS) is 11.3. The number of rotatable bonds is 2. The molecule has 114 valence electrons. The van der Waals surface area contributed by atoms with Gasteiger partial charge in [-0.2, -0.15) is 13.2 Å². The molecule has 0 amide bonds. The van der Waals surface area contributed by atoms with Gasteiger partial charge in [-0.1, -0.05) is 29.1 Å². The van der Waals surface area contributed by atoms with Crippen molar-refractivity contribution < 1.29 is 13.2 Å². The van der Waals surface area contributed by atoms with Gasteiger partial charge in [0.25, 0.3) is 5.56 Å². The van der Waals surface area contributed by atoms with Crippen molar-refractivity contribution in [1.82, 2.24) is 9.55 Å². The van der Waals surface area contributed by atoms with Crippen molar-refractivity contribution >= 4 is 23.2 Å². The summed E-state index contributed by atoms with van der Waals surface area (Å²) in [7, 11) is 0. The topological polar surface area (TPSA) is 34.9 Å². The van der Waals surface area contributed by atoms with Crippen molar-refractivity contribution in [3.05, 3.63) is 50.4 Å². The second-order valence-corrected chi connectivity index (χ2v) is 5.12. The van der Waals surface area contributed by atoms with Gasteiger partial charge in [-0.05, 0) is 18.2 Å². The average molecular weight is 347 g/mol. The highest BCUT2D eigenvalue weighted by Crippen LogP contribution is 2.30. The number of alkyl halides is 3. The standard InChI is InChI=1S/C14H7Cl2F3N2O/c1-2-3-21-12(22)7-11(14(17,18)19)20-13(21)8-4-9(15)6-10(16)5-8/h1,4-7H,3H2. The summed E-state index contributed by atoms with van der Waals surface area (Å²) in [5.41, 5.74) is -2.06. The Balaban J connectivity index is 2.79. The lowest BCUT2D eigenvalue weighted by molar-refractivity contribution is -0.141. The van der Waals surface area contributed by atoms with Gasteiger partial charge in [0.1, 0.15) is 5.82 Å². The molecule has 0 saturated carbocycles. The van der Waals surface area contributed by atoms with Crippen molar-refractivity contribution in [3.8, 4) is 23.7 Å². The third-order valence-corrected chi connectivity index (χ3v) is 3.11. The molecule has 0 bridgehead atoms. The van der Waals surface area contributed by atoms with Crippen molar-refractivity contribution in [3.63, 3.8) is 0 Å². The van der Waals surface area contributed by atoms with Gasteiger partial charge in [-0.15, -0.1) is 6.42 Å². The maximum atomic E-state index is 12.8. The summed E-state index contributed by atoms with van der Waals surface area (Å²) < 4.78 is 39.5. The number of terminal acetylenes is 1. The van der Waals surface area contributed by atoms with E-state index in [-0.39, 0.29) is 28.0 Å². The molecule has 0 aliphatic heterocycles. The molecule has 0 N–H and O–H groups in total. The zero-order valence-electron chi connectivity index (χ0n) is 10.8. The lowest BCUT2D eigenvalue weighted by Crippen LogP contribution is -2.25. The van der Waals surface area contributed by atoms with Gasteiger partial charge in [-0.25, -0.2) is 4.98 Å². The number of benzene rings is 1. The number of halogens is 5. The summed E-state index contributed by atoms with van der Waals surface area (Å²) in [5, 5.41) is 0.392. The average Bonchev–Trinajstić information content (AvgIpc) is 2.38. The molecule has 0 radical (unpaired) electrons. The van der Waals surface area contributed by atoms with Crippen LogP contribution in [0.1, 0.15) is 5.69 Å². The van der Waals surface area contributed by atoms with Gasteiger partial charge in [0.2, 0.25) is 0 Å². The highest BCUT2D eigenvalue weighted by molar-refractivity contribution is 6.35. The summed E-state index contributed by atoms with van der Waals surface area (Å²) in [5.74, 6) is 1.95. The van der Waals surface area contributed by atoms with Crippen molar-refractivity contribution in [1.29, 1.82) is 0 Å². The molecule has 0 spiro atoms. The fraction of sp³-hybridized carbons (Fsp3) is 0.143. The second kappa shape index (κ2) is 6.03. The molecule has 1 aromatic heterocycles. The van der Waals surface area contributed by atoms with E-state index in [1.165, 1.54) is 18.2 Å². The lowest BCUT2D eigenvalue weighted by Gasteiger charge is -2.13. The molecule has 0 unspecified atom stereocenters. The molecule has 2 rings (SSSR count). The predicted molar refractivity (Wildman–Crippen MR) is 77.8 cm³/mol. The third-order valence-electron chi connectivity index (χ3n) is 2.67. The molecule has 1 heterocycles. The number of hydrogen-bond donors (Lipinski definition) is 0. The maximum Gasteiger partial charge on any atom is 0.433 e. The fourth-order valence-electron chi connectivity index (χ4n) is 1.80. The van der Waals surface area contributed by atoms with E-state index in [1.807, 2.05) is 0 Å². The Hall–Kier alpha value is -1.97. The van der Waals surface area contributed by atoms with E-state index in [0.717, 1.165) is 4.57 Å². The molecule has 0 saturated heterocycles. The van der Waals surface area contributed by atoms with Gasteiger partial charge in [0, 0.05) is 21.7 Å². The zero-order chi connectivity index (χ0) is 16.5. The number of nitrogens with zero attached hydrogens (tertiary/aromatic N) is 2. The van der Waals surface area contributed by atoms with Crippen LogP contribution in [0.5, 0.6) is 0 Å². The number of aromatic nitrogens is 2. The lowest BCUT2D eigenvalue weighted by atomic mass is 10.2. The van der Waals surface area contributed by atoms with Crippen LogP contribution in [0.2, 0.25) is 10.0 Å². The van der Waals surface area contributed by atoms with E-state index in [1.54, 1.807) is 0 Å². The molecule has 2 aromatic rings. The minimum absolute atomic E-state index is 0.163. The molecular formula is C14H7Cl2F3N2O. The summed E-state index contributed by atoms with van der Waals surface area (Å²) >= 11 is 11.7. The van der Waals surface area contributed by atoms with Crippen LogP contribution < -0.4 is 5.56 Å². The van der Waals surface area contributed by atoms with Crippen LogP contribution in [0.15, 0.2) is 29.1 Å². The number of hydrogen-bond acceptors (Lipinski definition) is 2. The minimum atomic E-state index is -4.76.